The molecule has 0 radical (unpaired) electrons. The van der Waals surface area contributed by atoms with Gasteiger partial charge < -0.3 is 4.90 Å². The smallest absolute Gasteiger partial charge is 0.160 e. The minimum atomic E-state index is 0.235. The summed E-state index contributed by atoms with van der Waals surface area (Å²) < 4.78 is 2.33. The van der Waals surface area contributed by atoms with Crippen LogP contribution in [0.1, 0.15) is 49.8 Å². The summed E-state index contributed by atoms with van der Waals surface area (Å²) in [6, 6.07) is 55.0. The first-order chi connectivity index (χ1) is 28.8. The summed E-state index contributed by atoms with van der Waals surface area (Å²) in [6.45, 7) is 4.00. The number of benzene rings is 6. The molecule has 0 saturated carbocycles. The van der Waals surface area contributed by atoms with Gasteiger partial charge in [0.1, 0.15) is 0 Å². The highest BCUT2D eigenvalue weighted by atomic mass is 32.1. The van der Waals surface area contributed by atoms with E-state index in [0.29, 0.717) is 0 Å². The van der Waals surface area contributed by atoms with Gasteiger partial charge in [0.2, 0.25) is 0 Å². The molecule has 3 heterocycles. The molecule has 2 aliphatic carbocycles. The predicted molar refractivity (Wildman–Crippen MR) is 248 cm³/mol. The molecule has 8 aromatic rings. The minimum Gasteiger partial charge on any atom is -0.333 e. The molecule has 0 amide bonds. The molecular formula is C54H43N3S. The summed E-state index contributed by atoms with van der Waals surface area (Å²) in [5.41, 5.74) is 16.8. The quantitative estimate of drug-likeness (QED) is 0.169. The van der Waals surface area contributed by atoms with E-state index >= 15 is 0 Å². The maximum absolute atomic E-state index is 5.36. The van der Waals surface area contributed by atoms with Crippen molar-refractivity contribution in [3.63, 3.8) is 0 Å². The maximum atomic E-state index is 5.36. The van der Waals surface area contributed by atoms with Gasteiger partial charge in [0.15, 0.2) is 5.82 Å². The first-order valence-electron chi connectivity index (χ1n) is 20.5. The average molecular weight is 766 g/mol. The Hall–Kier alpha value is -6.62. The Bertz CT molecular complexity index is 2930. The second-order valence-corrected chi connectivity index (χ2v) is 15.8. The molecule has 58 heavy (non-hydrogen) atoms. The zero-order chi connectivity index (χ0) is 39.0. The van der Waals surface area contributed by atoms with Crippen molar-refractivity contribution in [3.8, 4) is 33.8 Å². The number of hydrogen-bond donors (Lipinski definition) is 0. The van der Waals surface area contributed by atoms with Crippen molar-refractivity contribution < 1.29 is 0 Å². The lowest BCUT2D eigenvalue weighted by molar-refractivity contribution is 0.841. The van der Waals surface area contributed by atoms with Gasteiger partial charge in [0.25, 0.3) is 0 Å². The molecule has 1 unspecified atom stereocenters. The molecule has 280 valence electrons. The molecule has 0 N–H and O–H groups in total. The van der Waals surface area contributed by atoms with Crippen LogP contribution in [0, 0.1) is 0 Å². The van der Waals surface area contributed by atoms with Crippen molar-refractivity contribution in [2.75, 3.05) is 4.90 Å². The van der Waals surface area contributed by atoms with Crippen molar-refractivity contribution in [1.29, 1.82) is 0 Å². The fourth-order valence-corrected chi connectivity index (χ4v) is 9.96. The Morgan fingerprint density at radius 1 is 0.603 bits per heavy atom. The van der Waals surface area contributed by atoms with Crippen LogP contribution < -0.4 is 4.90 Å². The van der Waals surface area contributed by atoms with Gasteiger partial charge in [-0.15, -0.1) is 11.3 Å². The Balaban J connectivity index is 0.00000201. The standard InChI is InChI=1S/C52H37N3S.C2H6/c1-4-14-34(15-5-1)35-26-28-36(29-27-35)49-51-50(54-52(53-49)37-16-6-2-7-17-37)48-42(23-13-25-47(48)56-51)40-19-12-18-38(32-40)39-30-31-44-43-22-10-11-24-45(43)55(46(44)33-39)41-20-8-3-9-21-41;1-2/h2-4,6-32,46H,1,5,33H2;1-2H3. The van der Waals surface area contributed by atoms with Gasteiger partial charge in [-0.05, 0) is 88.6 Å². The summed E-state index contributed by atoms with van der Waals surface area (Å²) in [6.07, 6.45) is 14.7. The summed E-state index contributed by atoms with van der Waals surface area (Å²) in [4.78, 5) is 13.2. The van der Waals surface area contributed by atoms with Gasteiger partial charge in [-0.3, -0.25) is 0 Å². The molecular weight excluding hydrogens is 723 g/mol. The zero-order valence-corrected chi connectivity index (χ0v) is 33.6. The topological polar surface area (TPSA) is 29.0 Å². The molecule has 1 aliphatic heterocycles. The average Bonchev–Trinajstić information content (AvgIpc) is 3.86. The van der Waals surface area contributed by atoms with Crippen LogP contribution in [0.2, 0.25) is 0 Å². The van der Waals surface area contributed by atoms with Crippen LogP contribution in [0.5, 0.6) is 0 Å². The molecule has 4 heteroatoms. The lowest BCUT2D eigenvalue weighted by Gasteiger charge is -2.30. The number of fused-ring (bicyclic) bond motifs is 6. The molecule has 0 fully saturated rings. The van der Waals surface area contributed by atoms with E-state index in [1.807, 2.05) is 19.9 Å². The number of thiophene rings is 1. The summed E-state index contributed by atoms with van der Waals surface area (Å²) in [7, 11) is 0. The van der Waals surface area contributed by atoms with Gasteiger partial charge in [0.05, 0.1) is 22.0 Å². The Morgan fingerprint density at radius 3 is 2.12 bits per heavy atom. The molecule has 6 aromatic carbocycles. The monoisotopic (exact) mass is 765 g/mol. The number of nitrogens with zero attached hydrogens (tertiary/aromatic N) is 3. The number of aromatic nitrogens is 2. The molecule has 1 atom stereocenters. The normalized spacial score (nSPS) is 15.6. The number of para-hydroxylation sites is 2. The highest BCUT2D eigenvalue weighted by Crippen LogP contribution is 2.50. The van der Waals surface area contributed by atoms with Crippen LogP contribution in [0.25, 0.3) is 70.8 Å². The molecule has 3 nitrogen and oxygen atoms in total. The fraction of sp³-hybridized carbons (Fsp3) is 0.111. The van der Waals surface area contributed by atoms with Gasteiger partial charge in [-0.25, -0.2) is 9.97 Å². The van der Waals surface area contributed by atoms with Gasteiger partial charge >= 0.3 is 0 Å². The largest absolute Gasteiger partial charge is 0.333 e. The van der Waals surface area contributed by atoms with Crippen LogP contribution in [0.15, 0.2) is 182 Å². The van der Waals surface area contributed by atoms with E-state index in [1.165, 1.54) is 66.0 Å². The van der Waals surface area contributed by atoms with Gasteiger partial charge in [-0.2, -0.15) is 0 Å². The zero-order valence-electron chi connectivity index (χ0n) is 32.8. The molecule has 3 aliphatic rings. The summed E-state index contributed by atoms with van der Waals surface area (Å²) >= 11 is 1.79. The third-order valence-electron chi connectivity index (χ3n) is 11.5. The highest BCUT2D eigenvalue weighted by Gasteiger charge is 2.36. The van der Waals surface area contributed by atoms with E-state index in [0.717, 1.165) is 52.1 Å². The molecule has 11 rings (SSSR count). The number of hydrogen-bond acceptors (Lipinski definition) is 4. The molecule has 0 spiro atoms. The van der Waals surface area contributed by atoms with Crippen LogP contribution in [-0.2, 0) is 0 Å². The van der Waals surface area contributed by atoms with Crippen molar-refractivity contribution >= 4 is 59.7 Å². The Morgan fingerprint density at radius 2 is 1.31 bits per heavy atom. The summed E-state index contributed by atoms with van der Waals surface area (Å²) in [5.74, 6) is 0.744. The van der Waals surface area contributed by atoms with Crippen LogP contribution in [0.3, 0.4) is 0 Å². The minimum absolute atomic E-state index is 0.235. The maximum Gasteiger partial charge on any atom is 0.160 e. The Labute approximate surface area is 344 Å². The van der Waals surface area contributed by atoms with Crippen molar-refractivity contribution in [1.82, 2.24) is 9.97 Å². The van der Waals surface area contributed by atoms with Crippen LogP contribution in [0.4, 0.5) is 11.4 Å². The third kappa shape index (κ3) is 6.31. The first-order valence-corrected chi connectivity index (χ1v) is 21.3. The van der Waals surface area contributed by atoms with E-state index in [9.17, 15) is 0 Å². The number of rotatable bonds is 6. The first kappa shape index (κ1) is 35.8. The van der Waals surface area contributed by atoms with E-state index < -0.39 is 0 Å². The fourth-order valence-electron chi connectivity index (χ4n) is 8.78. The van der Waals surface area contributed by atoms with E-state index in [1.54, 1.807) is 11.3 Å². The molecule has 0 saturated heterocycles. The Kier molecular flexibility index (Phi) is 9.48. The summed E-state index contributed by atoms with van der Waals surface area (Å²) in [5, 5.41) is 1.18. The van der Waals surface area contributed by atoms with E-state index in [-0.39, 0.29) is 6.04 Å². The third-order valence-corrected chi connectivity index (χ3v) is 12.6. The van der Waals surface area contributed by atoms with Gasteiger partial charge in [-0.1, -0.05) is 166 Å². The lowest BCUT2D eigenvalue weighted by atomic mass is 9.87. The van der Waals surface area contributed by atoms with Crippen molar-refractivity contribution in [3.05, 3.63) is 199 Å². The van der Waals surface area contributed by atoms with Crippen LogP contribution >= 0.6 is 11.3 Å². The van der Waals surface area contributed by atoms with Crippen LogP contribution in [-0.4, -0.2) is 16.0 Å². The SMILES string of the molecule is C1=CC(c2ccc(-c3nc(-c4ccccc4)nc4c3sc3cccc(-c5cccc(C6=CC=C7c8ccccc8N(c8ccccc8)C7C6)c5)c34)cc2)=CCC1.CC. The highest BCUT2D eigenvalue weighted by molar-refractivity contribution is 7.26. The lowest BCUT2D eigenvalue weighted by Crippen LogP contribution is -2.28. The molecule has 2 aromatic heterocycles. The van der Waals surface area contributed by atoms with E-state index in [4.69, 9.17) is 9.97 Å². The van der Waals surface area contributed by atoms with E-state index in [2.05, 4.69) is 181 Å². The number of allylic oxidation sites excluding steroid dienone is 6. The van der Waals surface area contributed by atoms with Crippen molar-refractivity contribution in [2.24, 2.45) is 0 Å². The van der Waals surface area contributed by atoms with Crippen molar-refractivity contribution in [2.45, 2.75) is 39.2 Å². The second kappa shape index (κ2) is 15.4. The number of anilines is 2. The molecule has 0 bridgehead atoms. The second-order valence-electron chi connectivity index (χ2n) is 14.8. The predicted octanol–water partition coefficient (Wildman–Crippen LogP) is 15.0. The van der Waals surface area contributed by atoms with Gasteiger partial charge in [0, 0.05) is 38.2 Å².